The predicted molar refractivity (Wildman–Crippen MR) is 164 cm³/mol. The van der Waals surface area contributed by atoms with Gasteiger partial charge in [-0.1, -0.05) is 73.0 Å². The van der Waals surface area contributed by atoms with Gasteiger partial charge in [-0.3, -0.25) is 13.9 Å². The molecule has 41 heavy (non-hydrogen) atoms. The summed E-state index contributed by atoms with van der Waals surface area (Å²) in [4.78, 5) is 29.6. The fraction of sp³-hybridized carbons (Fsp3) is 0.375. The van der Waals surface area contributed by atoms with Crippen LogP contribution < -0.4 is 9.62 Å². The SMILES string of the molecule is Cc1ccc(N(CC(=O)N(Cc2ccc(Cl)cc2)C(Cc2ccccc2)C(=O)NC2CCCC2)S(C)(=O)=O)cc1C. The lowest BCUT2D eigenvalue weighted by atomic mass is 10.0. The van der Waals surface area contributed by atoms with E-state index in [1.165, 1.54) is 4.90 Å². The molecule has 4 rings (SSSR count). The molecule has 0 radical (unpaired) electrons. The maximum Gasteiger partial charge on any atom is 0.244 e. The Kier molecular flexibility index (Phi) is 10.1. The highest BCUT2D eigenvalue weighted by Crippen LogP contribution is 2.24. The third-order valence-electron chi connectivity index (χ3n) is 7.70. The standard InChI is InChI=1S/C32H38ClN3O4S/c1-23-13-18-29(19-24(23)2)36(41(3,39)40)22-31(37)35(21-26-14-16-27(33)17-15-26)30(20-25-9-5-4-6-10-25)32(38)34-28-11-7-8-12-28/h4-6,9-10,13-19,28,30H,7-8,11-12,20-22H2,1-3H3,(H,34,38). The molecule has 1 N–H and O–H groups in total. The van der Waals surface area contributed by atoms with Crippen molar-refractivity contribution in [1.82, 2.24) is 10.2 Å². The van der Waals surface area contributed by atoms with Gasteiger partial charge in [-0.2, -0.15) is 0 Å². The third-order valence-corrected chi connectivity index (χ3v) is 9.09. The number of hydrogen-bond acceptors (Lipinski definition) is 4. The van der Waals surface area contributed by atoms with Crippen molar-refractivity contribution >= 4 is 39.1 Å². The molecule has 0 aromatic heterocycles. The number of nitrogens with one attached hydrogen (secondary N) is 1. The van der Waals surface area contributed by atoms with E-state index in [0.29, 0.717) is 17.1 Å². The second kappa shape index (κ2) is 13.5. The van der Waals surface area contributed by atoms with Crippen molar-refractivity contribution in [2.75, 3.05) is 17.1 Å². The highest BCUT2D eigenvalue weighted by atomic mass is 35.5. The van der Waals surface area contributed by atoms with E-state index in [1.54, 1.807) is 24.3 Å². The summed E-state index contributed by atoms with van der Waals surface area (Å²) in [6, 6.07) is 21.2. The molecule has 0 spiro atoms. The molecule has 9 heteroatoms. The maximum absolute atomic E-state index is 14.2. The Hall–Kier alpha value is -3.36. The zero-order valence-corrected chi connectivity index (χ0v) is 25.4. The van der Waals surface area contributed by atoms with Gasteiger partial charge in [0.15, 0.2) is 0 Å². The van der Waals surface area contributed by atoms with Crippen LogP contribution in [0.25, 0.3) is 0 Å². The Labute approximate surface area is 248 Å². The van der Waals surface area contributed by atoms with E-state index >= 15 is 0 Å². The van der Waals surface area contributed by atoms with E-state index in [1.807, 2.05) is 62.4 Å². The molecule has 3 aromatic rings. The predicted octanol–water partition coefficient (Wildman–Crippen LogP) is 5.42. The van der Waals surface area contributed by atoms with Crippen molar-refractivity contribution < 1.29 is 18.0 Å². The fourth-order valence-electron chi connectivity index (χ4n) is 5.20. The lowest BCUT2D eigenvalue weighted by Gasteiger charge is -2.34. The van der Waals surface area contributed by atoms with Crippen LogP contribution >= 0.6 is 11.6 Å². The molecule has 2 amide bonds. The van der Waals surface area contributed by atoms with Crippen molar-refractivity contribution in [1.29, 1.82) is 0 Å². The number of benzene rings is 3. The summed E-state index contributed by atoms with van der Waals surface area (Å²) in [6.07, 6.45) is 5.31. The normalized spacial score (nSPS) is 14.4. The van der Waals surface area contributed by atoms with Gasteiger partial charge >= 0.3 is 0 Å². The van der Waals surface area contributed by atoms with Crippen LogP contribution in [-0.4, -0.2) is 50.0 Å². The molecule has 0 aliphatic heterocycles. The first-order valence-corrected chi connectivity index (χ1v) is 16.2. The van der Waals surface area contributed by atoms with Crippen LogP contribution in [0, 0.1) is 13.8 Å². The highest BCUT2D eigenvalue weighted by Gasteiger charge is 2.34. The molecule has 0 saturated heterocycles. The van der Waals surface area contributed by atoms with Crippen molar-refractivity contribution in [2.24, 2.45) is 0 Å². The monoisotopic (exact) mass is 595 g/mol. The molecular weight excluding hydrogens is 558 g/mol. The summed E-state index contributed by atoms with van der Waals surface area (Å²) < 4.78 is 27.1. The average molecular weight is 596 g/mol. The molecule has 0 bridgehead atoms. The molecular formula is C32H38ClN3O4S. The van der Waals surface area contributed by atoms with Crippen LogP contribution in [0.3, 0.4) is 0 Å². The van der Waals surface area contributed by atoms with Gasteiger partial charge in [-0.15, -0.1) is 0 Å². The average Bonchev–Trinajstić information content (AvgIpc) is 3.45. The second-order valence-electron chi connectivity index (χ2n) is 10.9. The first kappa shape index (κ1) is 30.6. The molecule has 1 atom stereocenters. The van der Waals surface area contributed by atoms with Crippen LogP contribution in [0.15, 0.2) is 72.8 Å². The van der Waals surface area contributed by atoms with Gasteiger partial charge in [0.25, 0.3) is 0 Å². The number of hydrogen-bond donors (Lipinski definition) is 1. The van der Waals surface area contributed by atoms with Crippen LogP contribution in [-0.2, 0) is 32.6 Å². The first-order chi connectivity index (χ1) is 19.5. The lowest BCUT2D eigenvalue weighted by Crippen LogP contribution is -2.54. The summed E-state index contributed by atoms with van der Waals surface area (Å²) in [5.41, 5.74) is 4.03. The molecule has 1 fully saturated rings. The Morgan fingerprint density at radius 2 is 1.59 bits per heavy atom. The molecule has 7 nitrogen and oxygen atoms in total. The lowest BCUT2D eigenvalue weighted by molar-refractivity contribution is -0.140. The molecule has 218 valence electrons. The van der Waals surface area contributed by atoms with E-state index in [4.69, 9.17) is 11.6 Å². The Morgan fingerprint density at radius 3 is 2.20 bits per heavy atom. The van der Waals surface area contributed by atoms with E-state index in [9.17, 15) is 18.0 Å². The summed E-state index contributed by atoms with van der Waals surface area (Å²) in [5.74, 6) is -0.703. The van der Waals surface area contributed by atoms with Gasteiger partial charge in [0.1, 0.15) is 12.6 Å². The molecule has 1 unspecified atom stereocenters. The van der Waals surface area contributed by atoms with Crippen LogP contribution in [0.1, 0.15) is 47.9 Å². The van der Waals surface area contributed by atoms with Gasteiger partial charge in [0, 0.05) is 24.0 Å². The molecule has 3 aromatic carbocycles. The number of sulfonamides is 1. The number of anilines is 1. The number of carbonyl (C=O) groups is 2. The Bertz CT molecular complexity index is 1460. The van der Waals surface area contributed by atoms with E-state index in [2.05, 4.69) is 5.32 Å². The van der Waals surface area contributed by atoms with Gasteiger partial charge < -0.3 is 10.2 Å². The number of amides is 2. The van der Waals surface area contributed by atoms with Crippen molar-refractivity contribution in [3.63, 3.8) is 0 Å². The topological polar surface area (TPSA) is 86.8 Å². The van der Waals surface area contributed by atoms with E-state index < -0.39 is 28.5 Å². The molecule has 1 aliphatic carbocycles. The van der Waals surface area contributed by atoms with E-state index in [0.717, 1.165) is 58.5 Å². The van der Waals surface area contributed by atoms with Gasteiger partial charge in [0.05, 0.1) is 11.9 Å². The van der Waals surface area contributed by atoms with Crippen molar-refractivity contribution in [3.05, 3.63) is 100 Å². The number of halogens is 1. The van der Waals surface area contributed by atoms with Crippen molar-refractivity contribution in [3.8, 4) is 0 Å². The Morgan fingerprint density at radius 1 is 0.927 bits per heavy atom. The van der Waals surface area contributed by atoms with Gasteiger partial charge in [0.2, 0.25) is 21.8 Å². The smallest absolute Gasteiger partial charge is 0.244 e. The quantitative estimate of drug-likeness (QED) is 0.321. The molecule has 1 aliphatic rings. The summed E-state index contributed by atoms with van der Waals surface area (Å²) in [7, 11) is -3.81. The number of aryl methyl sites for hydroxylation is 2. The minimum atomic E-state index is -3.81. The Balaban J connectivity index is 1.72. The summed E-state index contributed by atoms with van der Waals surface area (Å²) >= 11 is 6.12. The highest BCUT2D eigenvalue weighted by molar-refractivity contribution is 7.92. The largest absolute Gasteiger partial charge is 0.352 e. The van der Waals surface area contributed by atoms with E-state index in [-0.39, 0.29) is 18.5 Å². The minimum absolute atomic E-state index is 0.0660. The number of nitrogens with zero attached hydrogens (tertiary/aromatic N) is 2. The maximum atomic E-state index is 14.2. The van der Waals surface area contributed by atoms with Crippen molar-refractivity contribution in [2.45, 2.75) is 64.6 Å². The zero-order valence-electron chi connectivity index (χ0n) is 23.8. The van der Waals surface area contributed by atoms with Crippen LogP contribution in [0.4, 0.5) is 5.69 Å². The van der Waals surface area contributed by atoms with Crippen LogP contribution in [0.2, 0.25) is 5.02 Å². The molecule has 1 saturated carbocycles. The van der Waals surface area contributed by atoms with Crippen LogP contribution in [0.5, 0.6) is 0 Å². The third kappa shape index (κ3) is 8.33. The number of carbonyl (C=O) groups excluding carboxylic acids is 2. The fourth-order valence-corrected chi connectivity index (χ4v) is 6.17. The zero-order chi connectivity index (χ0) is 29.6. The summed E-state index contributed by atoms with van der Waals surface area (Å²) in [6.45, 7) is 3.53. The number of rotatable bonds is 11. The minimum Gasteiger partial charge on any atom is -0.352 e. The molecule has 0 heterocycles. The second-order valence-corrected chi connectivity index (χ2v) is 13.2. The van der Waals surface area contributed by atoms with Gasteiger partial charge in [-0.25, -0.2) is 8.42 Å². The first-order valence-electron chi connectivity index (χ1n) is 13.9. The van der Waals surface area contributed by atoms with Gasteiger partial charge in [-0.05, 0) is 73.2 Å². The summed E-state index contributed by atoms with van der Waals surface area (Å²) in [5, 5.41) is 3.73.